The Balaban J connectivity index is 1.24. The van der Waals surface area contributed by atoms with E-state index >= 15 is 0 Å². The first-order valence-electron chi connectivity index (χ1n) is 11.6. The topological polar surface area (TPSA) is 35.9 Å². The molecule has 1 aliphatic rings. The molecule has 0 unspecified atom stereocenters. The Bertz CT molecular complexity index is 1000. The van der Waals surface area contributed by atoms with Crippen molar-refractivity contribution in [2.45, 2.75) is 6.10 Å². The first-order valence-corrected chi connectivity index (χ1v) is 11.6. The predicted octanol–water partition coefficient (Wildman–Crippen LogP) is 5.11. The number of hydrogen-bond acceptors (Lipinski definition) is 4. The maximum atomic E-state index is 13.4. The molecule has 1 saturated heterocycles. The molecule has 0 aliphatic carbocycles. The van der Waals surface area contributed by atoms with Gasteiger partial charge in [0.25, 0.3) is 0 Å². The number of nitrogens with zero attached hydrogens (tertiary/aromatic N) is 2. The molecule has 3 aromatic rings. The van der Waals surface area contributed by atoms with Crippen LogP contribution in [0.4, 0.5) is 8.78 Å². The summed E-state index contributed by atoms with van der Waals surface area (Å²) in [6.07, 6.45) is 3.86. The van der Waals surface area contributed by atoms with Crippen LogP contribution in [0.5, 0.6) is 5.75 Å². The second-order valence-electron chi connectivity index (χ2n) is 8.49. The Morgan fingerprint density at radius 2 is 1.29 bits per heavy atom. The summed E-state index contributed by atoms with van der Waals surface area (Å²) in [5.74, 6) is -0.311. The molecular weight excluding hydrogens is 434 g/mol. The summed E-state index contributed by atoms with van der Waals surface area (Å²) in [5, 5.41) is 9.37. The maximum Gasteiger partial charge on any atom is 0.123 e. The molecule has 1 heterocycles. The molecule has 0 radical (unpaired) electrons. The summed E-state index contributed by atoms with van der Waals surface area (Å²) in [4.78, 5) is 4.79. The molecule has 1 aliphatic heterocycles. The number of benzene rings is 3. The minimum absolute atomic E-state index is 0.277. The number of aromatic hydroxyl groups is 1. The van der Waals surface area contributed by atoms with Crippen molar-refractivity contribution in [3.05, 3.63) is 107 Å². The lowest BCUT2D eigenvalue weighted by molar-refractivity contribution is 0.0467. The van der Waals surface area contributed by atoms with E-state index in [1.54, 1.807) is 36.4 Å². The van der Waals surface area contributed by atoms with E-state index in [-0.39, 0.29) is 23.5 Å². The molecule has 0 aromatic heterocycles. The summed E-state index contributed by atoms with van der Waals surface area (Å²) in [5.41, 5.74) is 2.77. The first kappa shape index (κ1) is 24.1. The van der Waals surface area contributed by atoms with Crippen molar-refractivity contribution >= 4 is 6.08 Å². The Morgan fingerprint density at radius 3 is 1.85 bits per heavy atom. The van der Waals surface area contributed by atoms with Crippen LogP contribution in [0.1, 0.15) is 22.8 Å². The molecule has 34 heavy (non-hydrogen) atoms. The van der Waals surface area contributed by atoms with Crippen molar-refractivity contribution in [1.82, 2.24) is 9.80 Å². The van der Waals surface area contributed by atoms with Gasteiger partial charge in [-0.3, -0.25) is 9.80 Å². The average Bonchev–Trinajstić information content (AvgIpc) is 2.85. The van der Waals surface area contributed by atoms with Crippen LogP contribution in [0.15, 0.2) is 78.9 Å². The van der Waals surface area contributed by atoms with Crippen LogP contribution in [0.3, 0.4) is 0 Å². The number of phenols is 1. The fraction of sp³-hybridized carbons (Fsp3) is 0.286. The number of ether oxygens (including phenoxy) is 1. The second kappa shape index (κ2) is 11.9. The Kier molecular flexibility index (Phi) is 8.41. The molecule has 4 nitrogen and oxygen atoms in total. The van der Waals surface area contributed by atoms with Crippen molar-refractivity contribution in [2.24, 2.45) is 0 Å². The average molecular weight is 465 g/mol. The second-order valence-corrected chi connectivity index (χ2v) is 8.49. The highest BCUT2D eigenvalue weighted by atomic mass is 19.1. The molecule has 0 spiro atoms. The molecule has 3 aromatic carbocycles. The summed E-state index contributed by atoms with van der Waals surface area (Å²) >= 11 is 0. The predicted molar refractivity (Wildman–Crippen MR) is 131 cm³/mol. The summed E-state index contributed by atoms with van der Waals surface area (Å²) in [6.45, 7) is 6.12. The van der Waals surface area contributed by atoms with Crippen LogP contribution in [0.25, 0.3) is 6.08 Å². The van der Waals surface area contributed by atoms with Crippen LogP contribution in [-0.4, -0.2) is 60.8 Å². The van der Waals surface area contributed by atoms with E-state index in [4.69, 9.17) is 4.74 Å². The van der Waals surface area contributed by atoms with E-state index in [0.717, 1.165) is 56.0 Å². The van der Waals surface area contributed by atoms with Gasteiger partial charge in [-0.05, 0) is 53.1 Å². The van der Waals surface area contributed by atoms with Gasteiger partial charge in [0.1, 0.15) is 23.5 Å². The Labute approximate surface area is 199 Å². The van der Waals surface area contributed by atoms with Gasteiger partial charge in [0.2, 0.25) is 0 Å². The van der Waals surface area contributed by atoms with Crippen molar-refractivity contribution < 1.29 is 18.6 Å². The fourth-order valence-corrected chi connectivity index (χ4v) is 4.08. The van der Waals surface area contributed by atoms with Gasteiger partial charge in [-0.25, -0.2) is 8.78 Å². The first-order chi connectivity index (χ1) is 16.6. The van der Waals surface area contributed by atoms with E-state index in [2.05, 4.69) is 22.0 Å². The Morgan fingerprint density at radius 1 is 0.765 bits per heavy atom. The maximum absolute atomic E-state index is 13.4. The van der Waals surface area contributed by atoms with E-state index < -0.39 is 0 Å². The smallest absolute Gasteiger partial charge is 0.123 e. The van der Waals surface area contributed by atoms with Gasteiger partial charge in [0.05, 0.1) is 6.61 Å². The van der Waals surface area contributed by atoms with Gasteiger partial charge in [-0.1, -0.05) is 48.6 Å². The number of rotatable bonds is 9. The van der Waals surface area contributed by atoms with Crippen LogP contribution in [0.2, 0.25) is 0 Å². The van der Waals surface area contributed by atoms with Crippen LogP contribution >= 0.6 is 0 Å². The van der Waals surface area contributed by atoms with Crippen LogP contribution < -0.4 is 0 Å². The third-order valence-electron chi connectivity index (χ3n) is 6.07. The fourth-order valence-electron chi connectivity index (χ4n) is 4.08. The third-order valence-corrected chi connectivity index (χ3v) is 6.07. The highest BCUT2D eigenvalue weighted by Gasteiger charge is 2.18. The zero-order valence-corrected chi connectivity index (χ0v) is 19.1. The van der Waals surface area contributed by atoms with Gasteiger partial charge >= 0.3 is 0 Å². The molecule has 4 rings (SSSR count). The Hall–Kier alpha value is -3.06. The standard InChI is InChI=1S/C28H30F2N2O2/c29-25-9-5-23(6-10-25)28(24-7-11-26(30)12-8-24)34-21-20-32-18-16-31(17-19-32)15-1-2-22-3-13-27(33)14-4-22/h1-14,28,33H,15-21H2/b2-1+. The molecule has 1 N–H and O–H groups in total. The lowest BCUT2D eigenvalue weighted by Gasteiger charge is -2.34. The third kappa shape index (κ3) is 6.97. The SMILES string of the molecule is Oc1ccc(/C=C/CN2CCN(CCOC(c3ccc(F)cc3)c3ccc(F)cc3)CC2)cc1. The monoisotopic (exact) mass is 464 g/mol. The van der Waals surface area contributed by atoms with E-state index in [9.17, 15) is 13.9 Å². The van der Waals surface area contributed by atoms with Crippen LogP contribution in [0, 0.1) is 11.6 Å². The molecule has 0 amide bonds. The largest absolute Gasteiger partial charge is 0.508 e. The number of halogens is 2. The van der Waals surface area contributed by atoms with E-state index in [1.807, 2.05) is 12.1 Å². The summed E-state index contributed by atoms with van der Waals surface area (Å²) < 4.78 is 33.0. The van der Waals surface area contributed by atoms with Crippen LogP contribution in [-0.2, 0) is 4.74 Å². The summed E-state index contributed by atoms with van der Waals surface area (Å²) in [7, 11) is 0. The molecule has 0 atom stereocenters. The van der Waals surface area contributed by atoms with E-state index in [1.165, 1.54) is 24.3 Å². The van der Waals surface area contributed by atoms with Crippen molar-refractivity contribution in [1.29, 1.82) is 0 Å². The highest BCUT2D eigenvalue weighted by Crippen LogP contribution is 2.26. The highest BCUT2D eigenvalue weighted by molar-refractivity contribution is 5.50. The molecule has 0 bridgehead atoms. The summed E-state index contributed by atoms with van der Waals surface area (Å²) in [6, 6.07) is 19.7. The molecule has 1 fully saturated rings. The van der Waals surface area contributed by atoms with Gasteiger partial charge in [0.15, 0.2) is 0 Å². The number of piperazine rings is 1. The van der Waals surface area contributed by atoms with Gasteiger partial charge in [0, 0.05) is 39.3 Å². The zero-order chi connectivity index (χ0) is 23.8. The molecule has 6 heteroatoms. The normalized spacial score (nSPS) is 15.4. The van der Waals surface area contributed by atoms with Gasteiger partial charge < -0.3 is 9.84 Å². The molecular formula is C28H30F2N2O2. The van der Waals surface area contributed by atoms with Gasteiger partial charge in [-0.2, -0.15) is 0 Å². The lowest BCUT2D eigenvalue weighted by Crippen LogP contribution is -2.47. The minimum Gasteiger partial charge on any atom is -0.508 e. The minimum atomic E-state index is -0.368. The van der Waals surface area contributed by atoms with Crippen molar-refractivity contribution in [3.63, 3.8) is 0 Å². The molecule has 0 saturated carbocycles. The van der Waals surface area contributed by atoms with E-state index in [0.29, 0.717) is 6.61 Å². The number of phenolic OH excluding ortho intramolecular Hbond substituents is 1. The van der Waals surface area contributed by atoms with Crippen molar-refractivity contribution in [3.8, 4) is 5.75 Å². The molecule has 178 valence electrons. The zero-order valence-electron chi connectivity index (χ0n) is 19.1. The van der Waals surface area contributed by atoms with Crippen molar-refractivity contribution in [2.75, 3.05) is 45.9 Å². The van der Waals surface area contributed by atoms with Gasteiger partial charge in [-0.15, -0.1) is 0 Å². The lowest BCUT2D eigenvalue weighted by atomic mass is 10.0. The number of hydrogen-bond donors (Lipinski definition) is 1. The quantitative estimate of drug-likeness (QED) is 0.478.